The van der Waals surface area contributed by atoms with Gasteiger partial charge in [-0.1, -0.05) is 6.07 Å². The Kier molecular flexibility index (Phi) is 4.01. The third kappa shape index (κ3) is 3.39. The lowest BCUT2D eigenvalue weighted by Crippen LogP contribution is -2.36. The molecule has 1 aromatic carbocycles. The SMILES string of the molecule is COc1ccc2c(c1)C(N)C(OCC(F)(F)F)CC2. The molecule has 6 heteroatoms. The van der Waals surface area contributed by atoms with E-state index < -0.39 is 24.9 Å². The molecule has 2 atom stereocenters. The Hall–Kier alpha value is -1.27. The molecule has 0 bridgehead atoms. The van der Waals surface area contributed by atoms with Gasteiger partial charge in [-0.2, -0.15) is 13.2 Å². The van der Waals surface area contributed by atoms with Crippen molar-refractivity contribution < 1.29 is 22.6 Å². The molecule has 0 fully saturated rings. The van der Waals surface area contributed by atoms with Crippen LogP contribution in [0.1, 0.15) is 23.6 Å². The molecule has 0 aromatic heterocycles. The summed E-state index contributed by atoms with van der Waals surface area (Å²) in [7, 11) is 1.54. The molecule has 0 saturated heterocycles. The Morgan fingerprint density at radius 3 is 2.74 bits per heavy atom. The Morgan fingerprint density at radius 1 is 1.37 bits per heavy atom. The number of methoxy groups -OCH3 is 1. The van der Waals surface area contributed by atoms with Gasteiger partial charge in [-0.25, -0.2) is 0 Å². The van der Waals surface area contributed by atoms with Crippen LogP contribution < -0.4 is 10.5 Å². The van der Waals surface area contributed by atoms with Crippen molar-refractivity contribution in [3.63, 3.8) is 0 Å². The second-order valence-corrected chi connectivity index (χ2v) is 4.59. The van der Waals surface area contributed by atoms with Crippen LogP contribution >= 0.6 is 0 Å². The quantitative estimate of drug-likeness (QED) is 0.922. The molecular weight excluding hydrogens is 259 g/mol. The van der Waals surface area contributed by atoms with Crippen LogP contribution in [-0.4, -0.2) is 26.0 Å². The minimum atomic E-state index is -4.33. The van der Waals surface area contributed by atoms with Crippen LogP contribution in [0.2, 0.25) is 0 Å². The van der Waals surface area contributed by atoms with Crippen LogP contribution in [0.4, 0.5) is 13.2 Å². The molecule has 0 heterocycles. The highest BCUT2D eigenvalue weighted by atomic mass is 19.4. The van der Waals surface area contributed by atoms with E-state index in [4.69, 9.17) is 15.2 Å². The number of nitrogens with two attached hydrogens (primary N) is 1. The summed E-state index contributed by atoms with van der Waals surface area (Å²) in [5.41, 5.74) is 7.84. The highest BCUT2D eigenvalue weighted by molar-refractivity contribution is 5.39. The number of benzene rings is 1. The Bertz CT molecular complexity index is 448. The predicted molar refractivity (Wildman–Crippen MR) is 64.0 cm³/mol. The van der Waals surface area contributed by atoms with E-state index in [1.807, 2.05) is 12.1 Å². The summed E-state index contributed by atoms with van der Waals surface area (Å²) < 4.78 is 46.5. The smallest absolute Gasteiger partial charge is 0.411 e. The maximum absolute atomic E-state index is 12.2. The zero-order chi connectivity index (χ0) is 14.0. The van der Waals surface area contributed by atoms with E-state index in [2.05, 4.69) is 0 Å². The summed E-state index contributed by atoms with van der Waals surface area (Å²) in [6, 6.07) is 4.93. The van der Waals surface area contributed by atoms with E-state index in [1.54, 1.807) is 6.07 Å². The standard InChI is InChI=1S/C13H16F3NO2/c1-18-9-4-2-8-3-5-11(12(17)10(8)6-9)19-7-13(14,15)16/h2,4,6,11-12H,3,5,7,17H2,1H3. The van der Waals surface area contributed by atoms with Crippen molar-refractivity contribution in [2.75, 3.05) is 13.7 Å². The molecule has 19 heavy (non-hydrogen) atoms. The molecule has 0 amide bonds. The van der Waals surface area contributed by atoms with Crippen LogP contribution in [0.3, 0.4) is 0 Å². The van der Waals surface area contributed by atoms with E-state index in [0.717, 1.165) is 11.1 Å². The summed E-state index contributed by atoms with van der Waals surface area (Å²) in [6.07, 6.45) is -3.78. The minimum Gasteiger partial charge on any atom is -0.497 e. The van der Waals surface area contributed by atoms with Crippen LogP contribution in [0.25, 0.3) is 0 Å². The third-order valence-corrected chi connectivity index (χ3v) is 3.27. The van der Waals surface area contributed by atoms with Gasteiger partial charge in [-0.15, -0.1) is 0 Å². The monoisotopic (exact) mass is 275 g/mol. The number of ether oxygens (including phenoxy) is 2. The average molecular weight is 275 g/mol. The summed E-state index contributed by atoms with van der Waals surface area (Å²) in [5.74, 6) is 0.644. The fraction of sp³-hybridized carbons (Fsp3) is 0.538. The topological polar surface area (TPSA) is 44.5 Å². The molecule has 0 radical (unpaired) electrons. The van der Waals surface area contributed by atoms with Gasteiger partial charge in [0.1, 0.15) is 12.4 Å². The maximum Gasteiger partial charge on any atom is 0.411 e. The molecule has 106 valence electrons. The van der Waals surface area contributed by atoms with Gasteiger partial charge in [0.05, 0.1) is 19.3 Å². The summed E-state index contributed by atoms with van der Waals surface area (Å²) in [4.78, 5) is 0. The Labute approximate surface area is 109 Å². The lowest BCUT2D eigenvalue weighted by Gasteiger charge is -2.31. The third-order valence-electron chi connectivity index (χ3n) is 3.27. The maximum atomic E-state index is 12.2. The largest absolute Gasteiger partial charge is 0.497 e. The predicted octanol–water partition coefficient (Wildman–Crippen LogP) is 2.59. The van der Waals surface area contributed by atoms with Gasteiger partial charge in [-0.05, 0) is 36.1 Å². The first-order chi connectivity index (χ1) is 8.90. The Balaban J connectivity index is 2.11. The normalized spacial score (nSPS) is 23.0. The highest BCUT2D eigenvalue weighted by Gasteiger charge is 2.33. The molecule has 1 aliphatic carbocycles. The van der Waals surface area contributed by atoms with Crippen molar-refractivity contribution >= 4 is 0 Å². The van der Waals surface area contributed by atoms with Crippen molar-refractivity contribution in [1.82, 2.24) is 0 Å². The van der Waals surface area contributed by atoms with Crippen LogP contribution in [-0.2, 0) is 11.2 Å². The number of fused-ring (bicyclic) bond motifs is 1. The van der Waals surface area contributed by atoms with Gasteiger partial charge in [-0.3, -0.25) is 0 Å². The molecule has 0 aliphatic heterocycles. The van der Waals surface area contributed by atoms with Crippen LogP contribution in [0.5, 0.6) is 5.75 Å². The van der Waals surface area contributed by atoms with Gasteiger partial charge >= 0.3 is 6.18 Å². The average Bonchev–Trinajstić information content (AvgIpc) is 2.36. The molecule has 2 rings (SSSR count). The van der Waals surface area contributed by atoms with Crippen molar-refractivity contribution in [2.45, 2.75) is 31.2 Å². The van der Waals surface area contributed by atoms with Gasteiger partial charge in [0, 0.05) is 0 Å². The van der Waals surface area contributed by atoms with Crippen molar-refractivity contribution in [1.29, 1.82) is 0 Å². The summed E-state index contributed by atoms with van der Waals surface area (Å²) in [6.45, 7) is -1.26. The first-order valence-corrected chi connectivity index (χ1v) is 6.01. The number of aryl methyl sites for hydroxylation is 1. The lowest BCUT2D eigenvalue weighted by molar-refractivity contribution is -0.188. The second kappa shape index (κ2) is 5.38. The van der Waals surface area contributed by atoms with E-state index in [1.165, 1.54) is 7.11 Å². The zero-order valence-corrected chi connectivity index (χ0v) is 10.5. The van der Waals surface area contributed by atoms with E-state index in [9.17, 15) is 13.2 Å². The van der Waals surface area contributed by atoms with Gasteiger partial charge < -0.3 is 15.2 Å². The summed E-state index contributed by atoms with van der Waals surface area (Å²) in [5, 5.41) is 0. The number of halogens is 3. The first-order valence-electron chi connectivity index (χ1n) is 6.01. The van der Waals surface area contributed by atoms with E-state index in [0.29, 0.717) is 18.6 Å². The molecule has 2 N–H and O–H groups in total. The van der Waals surface area contributed by atoms with E-state index in [-0.39, 0.29) is 0 Å². The number of alkyl halides is 3. The molecular formula is C13H16F3NO2. The van der Waals surface area contributed by atoms with Gasteiger partial charge in [0.2, 0.25) is 0 Å². The number of hydrogen-bond donors (Lipinski definition) is 1. The number of rotatable bonds is 3. The first kappa shape index (κ1) is 14.1. The highest BCUT2D eigenvalue weighted by Crippen LogP contribution is 2.33. The van der Waals surface area contributed by atoms with Crippen molar-refractivity contribution in [3.05, 3.63) is 29.3 Å². The molecule has 3 nitrogen and oxygen atoms in total. The molecule has 2 unspecified atom stereocenters. The van der Waals surface area contributed by atoms with Gasteiger partial charge in [0.25, 0.3) is 0 Å². The minimum absolute atomic E-state index is 0.497. The lowest BCUT2D eigenvalue weighted by atomic mass is 9.86. The van der Waals surface area contributed by atoms with E-state index >= 15 is 0 Å². The molecule has 1 aliphatic rings. The van der Waals surface area contributed by atoms with Crippen molar-refractivity contribution in [2.24, 2.45) is 5.73 Å². The molecule has 0 saturated carbocycles. The Morgan fingerprint density at radius 2 is 2.11 bits per heavy atom. The fourth-order valence-electron chi connectivity index (χ4n) is 2.30. The number of hydrogen-bond acceptors (Lipinski definition) is 3. The zero-order valence-electron chi connectivity index (χ0n) is 10.5. The van der Waals surface area contributed by atoms with Crippen molar-refractivity contribution in [3.8, 4) is 5.75 Å². The second-order valence-electron chi connectivity index (χ2n) is 4.59. The van der Waals surface area contributed by atoms with Crippen LogP contribution in [0.15, 0.2) is 18.2 Å². The van der Waals surface area contributed by atoms with Crippen LogP contribution in [0, 0.1) is 0 Å². The summed E-state index contributed by atoms with van der Waals surface area (Å²) >= 11 is 0. The van der Waals surface area contributed by atoms with Gasteiger partial charge in [0.15, 0.2) is 0 Å². The molecule has 1 aromatic rings. The fourth-order valence-corrected chi connectivity index (χ4v) is 2.30. The molecule has 0 spiro atoms.